The predicted octanol–water partition coefficient (Wildman–Crippen LogP) is 4.82. The second kappa shape index (κ2) is 9.68. The standard InChI is InChI=1S/C23H29ClFN3O/c24-23-20(25)6-3-7-22(23)28-14-12-27(13-15-28)11-1-2-16-29-19-9-8-18-5-4-10-26-21(18)17-19/h3,6-9,17,26H,1-2,4-5,10-16H2. The minimum atomic E-state index is -0.346. The first-order valence-corrected chi connectivity index (χ1v) is 11.0. The van der Waals surface area contributed by atoms with Crippen molar-refractivity contribution in [1.82, 2.24) is 4.90 Å². The van der Waals surface area contributed by atoms with E-state index in [9.17, 15) is 4.39 Å². The van der Waals surface area contributed by atoms with E-state index in [0.29, 0.717) is 0 Å². The summed E-state index contributed by atoms with van der Waals surface area (Å²) in [6.45, 7) is 6.57. The molecule has 0 atom stereocenters. The van der Waals surface area contributed by atoms with Gasteiger partial charge in [0.1, 0.15) is 11.6 Å². The van der Waals surface area contributed by atoms with Crippen LogP contribution in [0.25, 0.3) is 0 Å². The zero-order valence-electron chi connectivity index (χ0n) is 16.8. The molecule has 0 unspecified atom stereocenters. The number of fused-ring (bicyclic) bond motifs is 1. The van der Waals surface area contributed by atoms with Gasteiger partial charge in [-0.1, -0.05) is 23.7 Å². The number of piperazine rings is 1. The van der Waals surface area contributed by atoms with E-state index in [2.05, 4.69) is 33.3 Å². The van der Waals surface area contributed by atoms with Crippen LogP contribution >= 0.6 is 11.6 Å². The second-order valence-electron chi connectivity index (χ2n) is 7.81. The number of aryl methyl sites for hydroxylation is 1. The van der Waals surface area contributed by atoms with Gasteiger partial charge in [-0.25, -0.2) is 4.39 Å². The molecule has 4 nitrogen and oxygen atoms in total. The molecule has 156 valence electrons. The fraction of sp³-hybridized carbons (Fsp3) is 0.478. The van der Waals surface area contributed by atoms with Gasteiger partial charge in [0.15, 0.2) is 0 Å². The van der Waals surface area contributed by atoms with E-state index in [1.54, 1.807) is 6.07 Å². The van der Waals surface area contributed by atoms with Gasteiger partial charge in [0.05, 0.1) is 17.3 Å². The molecule has 2 aliphatic heterocycles. The van der Waals surface area contributed by atoms with Crippen molar-refractivity contribution in [2.24, 2.45) is 0 Å². The summed E-state index contributed by atoms with van der Waals surface area (Å²) in [5, 5.41) is 3.68. The van der Waals surface area contributed by atoms with Crippen LogP contribution in [0.2, 0.25) is 5.02 Å². The van der Waals surface area contributed by atoms with Gasteiger partial charge >= 0.3 is 0 Å². The molecule has 0 radical (unpaired) electrons. The van der Waals surface area contributed by atoms with Gasteiger partial charge in [-0.05, 0) is 56.0 Å². The van der Waals surface area contributed by atoms with Crippen molar-refractivity contribution in [3.8, 4) is 5.75 Å². The number of anilines is 2. The van der Waals surface area contributed by atoms with Gasteiger partial charge in [0, 0.05) is 44.5 Å². The first kappa shape index (κ1) is 20.3. The van der Waals surface area contributed by atoms with Crippen molar-refractivity contribution >= 4 is 23.0 Å². The molecule has 0 saturated carbocycles. The van der Waals surface area contributed by atoms with Gasteiger partial charge in [-0.2, -0.15) is 0 Å². The van der Waals surface area contributed by atoms with Crippen LogP contribution in [0, 0.1) is 5.82 Å². The van der Waals surface area contributed by atoms with Crippen molar-refractivity contribution in [3.63, 3.8) is 0 Å². The average molecular weight is 418 g/mol. The van der Waals surface area contributed by atoms with Crippen LogP contribution in [-0.2, 0) is 6.42 Å². The van der Waals surface area contributed by atoms with Crippen LogP contribution in [0.4, 0.5) is 15.8 Å². The molecule has 6 heteroatoms. The summed E-state index contributed by atoms with van der Waals surface area (Å²) in [5.41, 5.74) is 3.42. The fourth-order valence-electron chi connectivity index (χ4n) is 4.11. The average Bonchev–Trinajstić information content (AvgIpc) is 2.76. The van der Waals surface area contributed by atoms with Gasteiger partial charge in [0.2, 0.25) is 0 Å². The number of halogens is 2. The molecule has 1 saturated heterocycles. The molecule has 2 aromatic carbocycles. The van der Waals surface area contributed by atoms with Crippen LogP contribution in [0.5, 0.6) is 5.75 Å². The Morgan fingerprint density at radius 3 is 2.79 bits per heavy atom. The van der Waals surface area contributed by atoms with Crippen molar-refractivity contribution in [2.75, 3.05) is 56.1 Å². The maximum Gasteiger partial charge on any atom is 0.143 e. The Balaban J connectivity index is 1.15. The molecule has 1 N–H and O–H groups in total. The highest BCUT2D eigenvalue weighted by Crippen LogP contribution is 2.29. The number of ether oxygens (including phenoxy) is 1. The number of nitrogens with one attached hydrogen (secondary N) is 1. The van der Waals surface area contributed by atoms with Crippen molar-refractivity contribution in [3.05, 3.63) is 52.8 Å². The highest BCUT2D eigenvalue weighted by Gasteiger charge is 2.19. The van der Waals surface area contributed by atoms with Crippen molar-refractivity contribution in [2.45, 2.75) is 25.7 Å². The topological polar surface area (TPSA) is 27.7 Å². The van der Waals surface area contributed by atoms with Crippen molar-refractivity contribution in [1.29, 1.82) is 0 Å². The van der Waals surface area contributed by atoms with Crippen molar-refractivity contribution < 1.29 is 9.13 Å². The predicted molar refractivity (Wildman–Crippen MR) is 118 cm³/mol. The Bertz CT molecular complexity index is 824. The van der Waals surface area contributed by atoms with Crippen LogP contribution in [0.3, 0.4) is 0 Å². The quantitative estimate of drug-likeness (QED) is 0.654. The maximum atomic E-state index is 13.7. The van der Waals surface area contributed by atoms with Gasteiger partial charge < -0.3 is 15.0 Å². The van der Waals surface area contributed by atoms with Crippen LogP contribution in [-0.4, -0.2) is 50.8 Å². The van der Waals surface area contributed by atoms with Gasteiger partial charge in [-0.3, -0.25) is 4.90 Å². The number of rotatable bonds is 7. The molecule has 2 aromatic rings. The summed E-state index contributed by atoms with van der Waals surface area (Å²) in [4.78, 5) is 4.64. The number of benzene rings is 2. The molecule has 29 heavy (non-hydrogen) atoms. The number of hydrogen-bond acceptors (Lipinski definition) is 4. The molecule has 2 aliphatic rings. The molecule has 0 aromatic heterocycles. The number of nitrogens with zero attached hydrogens (tertiary/aromatic N) is 2. The third-order valence-electron chi connectivity index (χ3n) is 5.80. The summed E-state index contributed by atoms with van der Waals surface area (Å²) in [6.07, 6.45) is 4.52. The Kier molecular flexibility index (Phi) is 6.78. The minimum absolute atomic E-state index is 0.232. The SMILES string of the molecule is Fc1cccc(N2CCN(CCCCOc3ccc4c(c3)NCCC4)CC2)c1Cl. The first-order valence-electron chi connectivity index (χ1n) is 10.6. The van der Waals surface area contributed by atoms with Crippen LogP contribution in [0.1, 0.15) is 24.8 Å². The minimum Gasteiger partial charge on any atom is -0.494 e. The summed E-state index contributed by atoms with van der Waals surface area (Å²) < 4.78 is 19.6. The largest absolute Gasteiger partial charge is 0.494 e. The number of unbranched alkanes of at least 4 members (excludes halogenated alkanes) is 1. The second-order valence-corrected chi connectivity index (χ2v) is 8.18. The van der Waals surface area contributed by atoms with E-state index < -0.39 is 0 Å². The number of hydrogen-bond donors (Lipinski definition) is 1. The van der Waals surface area contributed by atoms with E-state index in [1.807, 2.05) is 6.07 Å². The van der Waals surface area contributed by atoms with Gasteiger partial charge in [0.25, 0.3) is 0 Å². The maximum absolute atomic E-state index is 13.7. The molecule has 0 spiro atoms. The molecular formula is C23H29ClFN3O. The summed E-state index contributed by atoms with van der Waals surface area (Å²) in [6, 6.07) is 11.4. The zero-order valence-corrected chi connectivity index (χ0v) is 17.6. The zero-order chi connectivity index (χ0) is 20.1. The molecular weight excluding hydrogens is 389 g/mol. The summed E-state index contributed by atoms with van der Waals surface area (Å²) >= 11 is 6.12. The fourth-order valence-corrected chi connectivity index (χ4v) is 4.35. The Labute approximate surface area is 177 Å². The molecule has 0 amide bonds. The Morgan fingerprint density at radius 2 is 1.93 bits per heavy atom. The molecule has 0 aliphatic carbocycles. The highest BCUT2D eigenvalue weighted by atomic mass is 35.5. The summed E-state index contributed by atoms with van der Waals surface area (Å²) in [5.74, 6) is 0.611. The molecule has 0 bridgehead atoms. The Morgan fingerprint density at radius 1 is 1.07 bits per heavy atom. The normalized spacial score (nSPS) is 17.0. The van der Waals surface area contributed by atoms with Crippen LogP contribution in [0.15, 0.2) is 36.4 Å². The molecule has 1 fully saturated rings. The lowest BCUT2D eigenvalue weighted by Crippen LogP contribution is -2.46. The third-order valence-corrected chi connectivity index (χ3v) is 6.18. The van der Waals surface area contributed by atoms with E-state index in [1.165, 1.54) is 23.7 Å². The van der Waals surface area contributed by atoms with Crippen LogP contribution < -0.4 is 15.0 Å². The third kappa shape index (κ3) is 5.14. The van der Waals surface area contributed by atoms with E-state index in [-0.39, 0.29) is 10.8 Å². The Hall–Kier alpha value is -1.98. The smallest absolute Gasteiger partial charge is 0.143 e. The first-order chi connectivity index (χ1) is 14.2. The van der Waals surface area contributed by atoms with E-state index >= 15 is 0 Å². The lowest BCUT2D eigenvalue weighted by atomic mass is 10.0. The lowest BCUT2D eigenvalue weighted by Gasteiger charge is -2.36. The van der Waals surface area contributed by atoms with E-state index in [0.717, 1.165) is 76.6 Å². The van der Waals surface area contributed by atoms with E-state index in [4.69, 9.17) is 16.3 Å². The molecule has 4 rings (SSSR count). The van der Waals surface area contributed by atoms with Gasteiger partial charge in [-0.15, -0.1) is 0 Å². The monoisotopic (exact) mass is 417 g/mol. The summed E-state index contributed by atoms with van der Waals surface area (Å²) in [7, 11) is 0. The highest BCUT2D eigenvalue weighted by molar-refractivity contribution is 6.33. The molecule has 2 heterocycles. The lowest BCUT2D eigenvalue weighted by molar-refractivity contribution is 0.238.